The number of rotatable bonds is 34. The molecule has 0 unspecified atom stereocenters. The van der Waals surface area contributed by atoms with Crippen LogP contribution in [0.3, 0.4) is 0 Å². The molecule has 3 rings (SSSR count). The Balaban J connectivity index is 0.988. The molecule has 52 heavy (non-hydrogen) atoms. The maximum absolute atomic E-state index is 12.6. The van der Waals surface area contributed by atoms with Crippen molar-refractivity contribution in [3.05, 3.63) is 59.7 Å². The van der Waals surface area contributed by atoms with Gasteiger partial charge in [-0.1, -0.05) is 48.5 Å². The fraction of sp³-hybridized carbons (Fsp3) is 0.658. The third-order valence-corrected chi connectivity index (χ3v) is 7.79. The summed E-state index contributed by atoms with van der Waals surface area (Å²) in [5, 5.41) is 0. The molecule has 1 aliphatic rings. The monoisotopic (exact) mass is 739 g/mol. The summed E-state index contributed by atoms with van der Waals surface area (Å²) in [6, 6.07) is 16.6. The first-order valence-electron chi connectivity index (χ1n) is 18.1. The molecule has 0 fully saturated rings. The first kappa shape index (κ1) is 43.6. The van der Waals surface area contributed by atoms with Gasteiger partial charge in [0.2, 0.25) is 0 Å². The molecule has 0 saturated carbocycles. The third kappa shape index (κ3) is 18.8. The van der Waals surface area contributed by atoms with E-state index in [4.69, 9.17) is 52.1 Å². The molecule has 14 heteroatoms. The number of nitrogens with zero attached hydrogens (tertiary/aromatic N) is 1. The van der Waals surface area contributed by atoms with Crippen LogP contribution in [0.15, 0.2) is 48.5 Å². The number of amides is 1. The Hall–Kier alpha value is -2.76. The molecule has 2 aromatic rings. The van der Waals surface area contributed by atoms with Crippen LogP contribution in [0.25, 0.3) is 11.1 Å². The van der Waals surface area contributed by atoms with Crippen LogP contribution < -0.4 is 0 Å². The molecular formula is C38H58FNO12. The van der Waals surface area contributed by atoms with Gasteiger partial charge in [0.05, 0.1) is 132 Å². The molecule has 0 radical (unpaired) electrons. The molecule has 0 atom stereocenters. The predicted molar refractivity (Wildman–Crippen MR) is 192 cm³/mol. The number of carbonyl (C=O) groups excluding carboxylic acids is 1. The van der Waals surface area contributed by atoms with Gasteiger partial charge in [-0.25, -0.2) is 9.18 Å². The first-order chi connectivity index (χ1) is 25.7. The minimum Gasteiger partial charge on any atom is -0.448 e. The van der Waals surface area contributed by atoms with E-state index in [0.29, 0.717) is 139 Å². The van der Waals surface area contributed by atoms with Crippen LogP contribution in [-0.4, -0.2) is 170 Å². The number of hydrogen-bond donors (Lipinski definition) is 0. The number of likely N-dealkylation sites (N-methyl/N-ethyl adjacent to an activating group) is 1. The minimum atomic E-state index is -0.479. The lowest BCUT2D eigenvalue weighted by Gasteiger charge is -2.19. The molecule has 0 aliphatic heterocycles. The van der Waals surface area contributed by atoms with Crippen molar-refractivity contribution >= 4 is 6.09 Å². The number of fused-ring (bicyclic) bond motifs is 3. The van der Waals surface area contributed by atoms with Gasteiger partial charge in [0, 0.05) is 19.5 Å². The zero-order valence-corrected chi connectivity index (χ0v) is 30.7. The van der Waals surface area contributed by atoms with Gasteiger partial charge in [0.15, 0.2) is 0 Å². The highest BCUT2D eigenvalue weighted by atomic mass is 19.1. The Bertz CT molecular complexity index is 1130. The fourth-order valence-electron chi connectivity index (χ4n) is 5.13. The van der Waals surface area contributed by atoms with Crippen molar-refractivity contribution < 1.29 is 61.3 Å². The summed E-state index contributed by atoms with van der Waals surface area (Å²) in [7, 11) is 1.71. The zero-order valence-electron chi connectivity index (χ0n) is 30.7. The van der Waals surface area contributed by atoms with E-state index < -0.39 is 6.67 Å². The molecule has 1 aliphatic carbocycles. The zero-order chi connectivity index (χ0) is 36.7. The number of hydrogen-bond acceptors (Lipinski definition) is 12. The maximum Gasteiger partial charge on any atom is 0.409 e. The van der Waals surface area contributed by atoms with E-state index in [1.807, 2.05) is 24.3 Å². The molecular weight excluding hydrogens is 681 g/mol. The van der Waals surface area contributed by atoms with Crippen molar-refractivity contribution in [2.75, 3.05) is 159 Å². The van der Waals surface area contributed by atoms with Gasteiger partial charge in [-0.3, -0.25) is 0 Å². The van der Waals surface area contributed by atoms with Crippen molar-refractivity contribution in [3.8, 4) is 11.1 Å². The second-order valence-electron chi connectivity index (χ2n) is 11.5. The van der Waals surface area contributed by atoms with E-state index in [1.54, 1.807) is 7.05 Å². The lowest BCUT2D eigenvalue weighted by Crippen LogP contribution is -2.32. The summed E-state index contributed by atoms with van der Waals surface area (Å²) < 4.78 is 71.7. The van der Waals surface area contributed by atoms with Crippen molar-refractivity contribution in [3.63, 3.8) is 0 Å². The number of alkyl halides is 1. The van der Waals surface area contributed by atoms with Gasteiger partial charge in [-0.15, -0.1) is 0 Å². The summed E-state index contributed by atoms with van der Waals surface area (Å²) in [5.41, 5.74) is 4.79. The average molecular weight is 740 g/mol. The molecule has 294 valence electrons. The van der Waals surface area contributed by atoms with Gasteiger partial charge in [-0.2, -0.15) is 0 Å². The molecule has 1 amide bonds. The molecule has 0 aromatic heterocycles. The van der Waals surface area contributed by atoms with Crippen LogP contribution in [0.1, 0.15) is 17.0 Å². The molecule has 0 bridgehead atoms. The smallest absolute Gasteiger partial charge is 0.409 e. The Morgan fingerprint density at radius 3 is 1.15 bits per heavy atom. The highest BCUT2D eigenvalue weighted by Gasteiger charge is 2.29. The van der Waals surface area contributed by atoms with E-state index in [0.717, 1.165) is 0 Å². The Labute approximate surface area is 307 Å². The predicted octanol–water partition coefficient (Wildman–Crippen LogP) is 4.00. The Kier molecular flexibility index (Phi) is 24.9. The van der Waals surface area contributed by atoms with E-state index in [1.165, 1.54) is 27.2 Å². The van der Waals surface area contributed by atoms with Crippen molar-refractivity contribution in [1.29, 1.82) is 0 Å². The summed E-state index contributed by atoms with van der Waals surface area (Å²) in [5.74, 6) is 0.0364. The number of benzene rings is 2. The normalized spacial score (nSPS) is 12.3. The van der Waals surface area contributed by atoms with E-state index in [2.05, 4.69) is 24.3 Å². The topological polar surface area (TPSA) is 122 Å². The summed E-state index contributed by atoms with van der Waals surface area (Å²) in [6.45, 7) is 9.10. The third-order valence-electron chi connectivity index (χ3n) is 7.79. The van der Waals surface area contributed by atoms with Gasteiger partial charge in [0.1, 0.15) is 13.3 Å². The second-order valence-corrected chi connectivity index (χ2v) is 11.5. The first-order valence-corrected chi connectivity index (χ1v) is 18.1. The largest absolute Gasteiger partial charge is 0.448 e. The number of halogens is 1. The van der Waals surface area contributed by atoms with Crippen LogP contribution in [0.2, 0.25) is 0 Å². The van der Waals surface area contributed by atoms with Crippen molar-refractivity contribution in [2.45, 2.75) is 5.92 Å². The van der Waals surface area contributed by atoms with Crippen LogP contribution in [0.5, 0.6) is 0 Å². The lowest BCUT2D eigenvalue weighted by atomic mass is 9.98. The average Bonchev–Trinajstić information content (AvgIpc) is 3.49. The second kappa shape index (κ2) is 29.7. The molecule has 0 spiro atoms. The number of ether oxygens (including phenoxy) is 11. The molecule has 0 saturated heterocycles. The fourth-order valence-corrected chi connectivity index (χ4v) is 5.13. The van der Waals surface area contributed by atoms with Crippen LogP contribution >= 0.6 is 0 Å². The van der Waals surface area contributed by atoms with Crippen LogP contribution in [0, 0.1) is 0 Å². The Morgan fingerprint density at radius 2 is 0.808 bits per heavy atom. The minimum absolute atomic E-state index is 0.0364. The summed E-state index contributed by atoms with van der Waals surface area (Å²) in [6.07, 6.45) is -0.367. The van der Waals surface area contributed by atoms with Gasteiger partial charge in [0.25, 0.3) is 0 Å². The van der Waals surface area contributed by atoms with E-state index in [-0.39, 0.29) is 18.6 Å². The van der Waals surface area contributed by atoms with E-state index in [9.17, 15) is 9.18 Å². The Morgan fingerprint density at radius 1 is 0.500 bits per heavy atom. The van der Waals surface area contributed by atoms with Crippen molar-refractivity contribution in [1.82, 2.24) is 4.90 Å². The lowest BCUT2D eigenvalue weighted by molar-refractivity contribution is -0.0266. The van der Waals surface area contributed by atoms with Crippen LogP contribution in [-0.2, 0) is 52.1 Å². The highest BCUT2D eigenvalue weighted by Crippen LogP contribution is 2.44. The number of carbonyl (C=O) groups is 1. The molecule has 0 N–H and O–H groups in total. The standard InChI is InChI=1S/C38H58FNO12/c1-40(38(41)52-32-37-35-8-4-2-6-33(35)34-7-3-5-9-36(34)37)11-13-43-15-17-45-19-21-47-23-25-49-27-29-51-31-30-50-28-26-48-24-22-46-20-18-44-16-14-42-12-10-39/h2-9,37H,10-32H2,1H3. The highest BCUT2D eigenvalue weighted by molar-refractivity contribution is 5.79. The summed E-state index contributed by atoms with van der Waals surface area (Å²) in [4.78, 5) is 14.1. The van der Waals surface area contributed by atoms with E-state index >= 15 is 0 Å². The van der Waals surface area contributed by atoms with Gasteiger partial charge < -0.3 is 57.0 Å². The molecule has 13 nitrogen and oxygen atoms in total. The maximum atomic E-state index is 12.6. The van der Waals surface area contributed by atoms with Gasteiger partial charge >= 0.3 is 6.09 Å². The van der Waals surface area contributed by atoms with Crippen LogP contribution in [0.4, 0.5) is 9.18 Å². The molecule has 0 heterocycles. The summed E-state index contributed by atoms with van der Waals surface area (Å²) >= 11 is 0. The quantitative estimate of drug-likeness (QED) is 0.0965. The molecule has 2 aromatic carbocycles. The van der Waals surface area contributed by atoms with Crippen molar-refractivity contribution in [2.24, 2.45) is 0 Å². The van der Waals surface area contributed by atoms with Gasteiger partial charge in [-0.05, 0) is 22.3 Å². The SMILES string of the molecule is CN(CCOCCOCCOCCOCCOCCOCCOCCOCCOCCOCCF)C(=O)OCC1c2ccccc2-c2ccccc21.